The minimum absolute atomic E-state index is 0.106. The van der Waals surface area contributed by atoms with E-state index in [1.807, 2.05) is 13.1 Å². The van der Waals surface area contributed by atoms with Gasteiger partial charge in [0.2, 0.25) is 0 Å². The third-order valence-corrected chi connectivity index (χ3v) is 4.21. The maximum absolute atomic E-state index is 13.2. The minimum atomic E-state index is -0.106. The Kier molecular flexibility index (Phi) is 1.90. The maximum Gasteiger partial charge on any atom is 0.123 e. The number of rotatable bonds is 1. The van der Waals surface area contributed by atoms with E-state index in [2.05, 4.69) is 5.32 Å². The van der Waals surface area contributed by atoms with Crippen LogP contribution in [0.2, 0.25) is 0 Å². The summed E-state index contributed by atoms with van der Waals surface area (Å²) in [6.07, 6.45) is 5.04. The molecule has 0 aliphatic heterocycles. The van der Waals surface area contributed by atoms with Crippen LogP contribution in [0.1, 0.15) is 42.9 Å². The van der Waals surface area contributed by atoms with E-state index in [-0.39, 0.29) is 5.82 Å². The highest BCUT2D eigenvalue weighted by molar-refractivity contribution is 5.44. The first kappa shape index (κ1) is 9.34. The van der Waals surface area contributed by atoms with Crippen molar-refractivity contribution in [2.24, 2.45) is 0 Å². The molecule has 3 rings (SSSR count). The third-order valence-electron chi connectivity index (χ3n) is 4.21. The molecule has 1 spiro atoms. The first-order valence-corrected chi connectivity index (χ1v) is 5.72. The molecule has 0 heterocycles. The topological polar surface area (TPSA) is 12.0 Å². The van der Waals surface area contributed by atoms with Crippen LogP contribution in [0.5, 0.6) is 0 Å². The van der Waals surface area contributed by atoms with Crippen molar-refractivity contribution in [3.8, 4) is 0 Å². The average molecular weight is 205 g/mol. The lowest BCUT2D eigenvalue weighted by atomic mass is 9.65. The maximum atomic E-state index is 13.2. The molecule has 1 fully saturated rings. The molecule has 1 aromatic rings. The van der Waals surface area contributed by atoms with Crippen molar-refractivity contribution in [1.29, 1.82) is 0 Å². The highest BCUT2D eigenvalue weighted by Crippen LogP contribution is 2.55. The van der Waals surface area contributed by atoms with Gasteiger partial charge in [-0.3, -0.25) is 0 Å². The van der Waals surface area contributed by atoms with E-state index >= 15 is 0 Å². The molecule has 1 N–H and O–H groups in total. The van der Waals surface area contributed by atoms with Crippen LogP contribution in [0, 0.1) is 5.82 Å². The van der Waals surface area contributed by atoms with Crippen molar-refractivity contribution in [2.75, 3.05) is 7.05 Å². The molecule has 80 valence electrons. The smallest absolute Gasteiger partial charge is 0.123 e. The first-order valence-electron chi connectivity index (χ1n) is 5.72. The van der Waals surface area contributed by atoms with Gasteiger partial charge in [0, 0.05) is 6.04 Å². The lowest BCUT2D eigenvalue weighted by Crippen LogP contribution is -2.32. The van der Waals surface area contributed by atoms with Crippen molar-refractivity contribution in [3.05, 3.63) is 35.1 Å². The molecule has 0 radical (unpaired) electrons. The summed E-state index contributed by atoms with van der Waals surface area (Å²) in [6.45, 7) is 0. The van der Waals surface area contributed by atoms with Gasteiger partial charge in [-0.15, -0.1) is 0 Å². The zero-order chi connectivity index (χ0) is 10.5. The van der Waals surface area contributed by atoms with Gasteiger partial charge in [0.1, 0.15) is 5.82 Å². The Morgan fingerprint density at radius 1 is 1.40 bits per heavy atom. The summed E-state index contributed by atoms with van der Waals surface area (Å²) in [4.78, 5) is 0. The van der Waals surface area contributed by atoms with E-state index in [0.29, 0.717) is 11.5 Å². The minimum Gasteiger partial charge on any atom is -0.313 e. The van der Waals surface area contributed by atoms with Gasteiger partial charge < -0.3 is 5.32 Å². The molecule has 1 nitrogen and oxygen atoms in total. The van der Waals surface area contributed by atoms with Gasteiger partial charge in [-0.25, -0.2) is 4.39 Å². The van der Waals surface area contributed by atoms with Crippen LogP contribution in [-0.2, 0) is 5.41 Å². The zero-order valence-electron chi connectivity index (χ0n) is 9.02. The molecular formula is C13H16FN. The van der Waals surface area contributed by atoms with Gasteiger partial charge in [-0.1, -0.05) is 12.5 Å². The number of hydrogen-bond acceptors (Lipinski definition) is 1. The normalized spacial score (nSPS) is 26.4. The summed E-state index contributed by atoms with van der Waals surface area (Å²) in [5.74, 6) is -0.106. The lowest BCUT2D eigenvalue weighted by molar-refractivity contribution is 0.227. The van der Waals surface area contributed by atoms with Gasteiger partial charge in [-0.05, 0) is 55.0 Å². The fourth-order valence-corrected chi connectivity index (χ4v) is 3.25. The average Bonchev–Trinajstić information content (AvgIpc) is 2.51. The summed E-state index contributed by atoms with van der Waals surface area (Å²) in [5.41, 5.74) is 2.98. The summed E-state index contributed by atoms with van der Waals surface area (Å²) in [6, 6.07) is 5.68. The molecule has 1 unspecified atom stereocenters. The predicted molar refractivity (Wildman–Crippen MR) is 58.3 cm³/mol. The Morgan fingerprint density at radius 2 is 2.20 bits per heavy atom. The molecule has 2 heteroatoms. The van der Waals surface area contributed by atoms with Gasteiger partial charge in [-0.2, -0.15) is 0 Å². The Bertz CT molecular complexity index is 396. The lowest BCUT2D eigenvalue weighted by Gasteiger charge is -2.39. The van der Waals surface area contributed by atoms with Gasteiger partial charge in [0.25, 0.3) is 0 Å². The largest absolute Gasteiger partial charge is 0.313 e. The molecule has 0 saturated heterocycles. The molecule has 0 aromatic heterocycles. The van der Waals surface area contributed by atoms with Gasteiger partial charge in [0.05, 0.1) is 0 Å². The van der Waals surface area contributed by atoms with E-state index in [4.69, 9.17) is 0 Å². The van der Waals surface area contributed by atoms with Crippen LogP contribution in [-0.4, -0.2) is 7.05 Å². The molecule has 0 bridgehead atoms. The first-order chi connectivity index (χ1) is 7.25. The molecule has 0 amide bonds. The molecule has 2 aliphatic carbocycles. The van der Waals surface area contributed by atoms with E-state index in [1.54, 1.807) is 12.1 Å². The summed E-state index contributed by atoms with van der Waals surface area (Å²) in [5, 5.41) is 3.30. The van der Waals surface area contributed by atoms with Crippen LogP contribution >= 0.6 is 0 Å². The van der Waals surface area contributed by atoms with Crippen molar-refractivity contribution in [2.45, 2.75) is 37.1 Å². The highest BCUT2D eigenvalue weighted by Gasteiger charge is 2.47. The Balaban J connectivity index is 2.10. The van der Waals surface area contributed by atoms with Crippen molar-refractivity contribution >= 4 is 0 Å². The van der Waals surface area contributed by atoms with E-state index in [9.17, 15) is 4.39 Å². The Labute approximate surface area is 89.7 Å². The van der Waals surface area contributed by atoms with Crippen LogP contribution < -0.4 is 5.32 Å². The predicted octanol–water partition coefficient (Wildman–Crippen LogP) is 2.91. The number of benzene rings is 1. The van der Waals surface area contributed by atoms with E-state index in [1.165, 1.54) is 30.4 Å². The summed E-state index contributed by atoms with van der Waals surface area (Å²) in [7, 11) is 1.97. The van der Waals surface area contributed by atoms with Crippen molar-refractivity contribution < 1.29 is 4.39 Å². The molecule has 2 aliphatic rings. The fourth-order valence-electron chi connectivity index (χ4n) is 3.25. The zero-order valence-corrected chi connectivity index (χ0v) is 9.02. The van der Waals surface area contributed by atoms with Crippen molar-refractivity contribution in [3.63, 3.8) is 0 Å². The summed E-state index contributed by atoms with van der Waals surface area (Å²) >= 11 is 0. The Hall–Kier alpha value is -0.890. The number of nitrogens with one attached hydrogen (secondary N) is 1. The van der Waals surface area contributed by atoms with Crippen LogP contribution in [0.4, 0.5) is 4.39 Å². The van der Waals surface area contributed by atoms with Crippen molar-refractivity contribution in [1.82, 2.24) is 5.32 Å². The second kappa shape index (κ2) is 3.05. The van der Waals surface area contributed by atoms with E-state index in [0.717, 1.165) is 6.42 Å². The Morgan fingerprint density at radius 3 is 2.80 bits per heavy atom. The number of hydrogen-bond donors (Lipinski definition) is 1. The molecule has 1 atom stereocenters. The second-order valence-corrected chi connectivity index (χ2v) is 4.91. The van der Waals surface area contributed by atoms with Crippen LogP contribution in [0.25, 0.3) is 0 Å². The molecule has 15 heavy (non-hydrogen) atoms. The number of halogens is 1. The standard InChI is InChI=1S/C13H16FN/c1-15-12-8-13(5-2-6-13)11-4-3-9(14)7-10(11)12/h3-4,7,12,15H,2,5-6,8H2,1H3. The quantitative estimate of drug-likeness (QED) is 0.743. The number of fused-ring (bicyclic) bond motifs is 2. The monoisotopic (exact) mass is 205 g/mol. The van der Waals surface area contributed by atoms with Gasteiger partial charge >= 0.3 is 0 Å². The SMILES string of the molecule is CNC1CC2(CCC2)c2ccc(F)cc21. The van der Waals surface area contributed by atoms with E-state index < -0.39 is 0 Å². The summed E-state index contributed by atoms with van der Waals surface area (Å²) < 4.78 is 13.2. The molecular weight excluding hydrogens is 189 g/mol. The second-order valence-electron chi connectivity index (χ2n) is 4.91. The third kappa shape index (κ3) is 1.18. The molecule has 1 saturated carbocycles. The van der Waals surface area contributed by atoms with Crippen LogP contribution in [0.15, 0.2) is 18.2 Å². The fraction of sp³-hybridized carbons (Fsp3) is 0.538. The molecule has 1 aromatic carbocycles. The highest BCUT2D eigenvalue weighted by atomic mass is 19.1. The van der Waals surface area contributed by atoms with Crippen LogP contribution in [0.3, 0.4) is 0 Å². The van der Waals surface area contributed by atoms with Gasteiger partial charge in [0.15, 0.2) is 0 Å².